The van der Waals surface area contributed by atoms with Gasteiger partial charge in [-0.15, -0.1) is 0 Å². The van der Waals surface area contributed by atoms with Crippen LogP contribution in [-0.2, 0) is 19.5 Å². The Hall–Kier alpha value is -5.33. The van der Waals surface area contributed by atoms with Gasteiger partial charge in [-0.1, -0.05) is 48.5 Å². The quantitative estimate of drug-likeness (QED) is 0.170. The van der Waals surface area contributed by atoms with E-state index in [4.69, 9.17) is 4.74 Å². The zero-order chi connectivity index (χ0) is 37.3. The largest absolute Gasteiger partial charge is 3.00 e. The van der Waals surface area contributed by atoms with Gasteiger partial charge in [0.25, 0.3) is 0 Å². The van der Waals surface area contributed by atoms with E-state index in [-0.39, 0.29) is 62.3 Å². The number of carboxylic acids is 1. The fourth-order valence-electron chi connectivity index (χ4n) is 7.04. The number of anilines is 1. The maximum Gasteiger partial charge on any atom is 3.00 e. The molecule has 5 aromatic heterocycles. The van der Waals surface area contributed by atoms with E-state index in [1.165, 1.54) is 6.20 Å². The second-order valence-electron chi connectivity index (χ2n) is 13.4. The SMILES string of the molecule is CC1COc2c(N3CCN(C)CC3)c(F)cc3c(=O)c(C(=O)[O-])cn1c23.[Cl-].[Cl-].[Ru+3].c1cnc2c(c1)ccc1cccnc12.c1cnc2c(c1)ccc1cccnc12. The minimum atomic E-state index is -1.57. The molecule has 1 radical (unpaired) electrons. The van der Waals surface area contributed by atoms with E-state index in [1.807, 2.05) is 43.1 Å². The van der Waals surface area contributed by atoms with Crippen molar-refractivity contribution in [2.45, 2.75) is 13.0 Å². The van der Waals surface area contributed by atoms with Crippen LogP contribution in [0.4, 0.5) is 10.1 Å². The molecule has 1 unspecified atom stereocenters. The van der Waals surface area contributed by atoms with E-state index in [2.05, 4.69) is 73.4 Å². The molecule has 1 fully saturated rings. The van der Waals surface area contributed by atoms with E-state index in [1.54, 1.807) is 29.4 Å². The summed E-state index contributed by atoms with van der Waals surface area (Å²) >= 11 is 0. The smallest absolute Gasteiger partial charge is 1.00 e. The van der Waals surface area contributed by atoms with Crippen LogP contribution in [0.25, 0.3) is 54.5 Å². The summed E-state index contributed by atoms with van der Waals surface area (Å²) in [7, 11) is 2.01. The summed E-state index contributed by atoms with van der Waals surface area (Å²) < 4.78 is 22.5. The standard InChI is InChI=1S/C18H20FN3O4.2C12H8N2.2ClH.Ru/c1-10-9-26-17-14-11(16(23)12(18(24)25)8-22(10)14)7-13(19)15(17)21-5-3-20(2)4-6-21;2*1-3-9-5-6-10-4-2-8-14-12(10)11(9)13-7-1;;;/h7-8,10H,3-6,9H2,1-2H3,(H,24,25);2*1-8H;2*1H;/q;;;;;+3/p-3. The van der Waals surface area contributed by atoms with Crippen molar-refractivity contribution >= 4 is 66.2 Å². The van der Waals surface area contributed by atoms with Gasteiger partial charge < -0.3 is 53.8 Å². The first-order valence-electron chi connectivity index (χ1n) is 17.6. The molecular weight excluding hydrogens is 857 g/mol. The molecule has 57 heavy (non-hydrogen) atoms. The molecule has 0 saturated carbocycles. The van der Waals surface area contributed by atoms with Gasteiger partial charge in [-0.05, 0) is 44.3 Å². The second-order valence-corrected chi connectivity index (χ2v) is 13.4. The number of fused-ring (bicyclic) bond motifs is 6. The fourth-order valence-corrected chi connectivity index (χ4v) is 7.04. The van der Waals surface area contributed by atoms with Gasteiger partial charge in [0.1, 0.15) is 12.3 Å². The number of piperazine rings is 1. The molecule has 3 aromatic carbocycles. The topological polar surface area (TPSA) is 129 Å². The Labute approximate surface area is 352 Å². The van der Waals surface area contributed by atoms with Crippen LogP contribution in [-0.4, -0.2) is 75.2 Å². The Morgan fingerprint density at radius 2 is 1.19 bits per heavy atom. The Morgan fingerprint density at radius 1 is 0.754 bits per heavy atom. The van der Waals surface area contributed by atoms with Crippen molar-refractivity contribution in [1.29, 1.82) is 0 Å². The summed E-state index contributed by atoms with van der Waals surface area (Å²) in [5.41, 5.74) is 3.47. The number of hydrogen-bond donors (Lipinski definition) is 0. The van der Waals surface area contributed by atoms with Gasteiger partial charge in [-0.3, -0.25) is 24.7 Å². The summed E-state index contributed by atoms with van der Waals surface area (Å²) in [5, 5.41) is 15.9. The number of carbonyl (C=O) groups is 1. The van der Waals surface area contributed by atoms with Gasteiger partial charge >= 0.3 is 19.5 Å². The molecule has 0 amide bonds. The van der Waals surface area contributed by atoms with Crippen molar-refractivity contribution in [3.05, 3.63) is 131 Å². The van der Waals surface area contributed by atoms with E-state index >= 15 is 0 Å². The number of aromatic carboxylic acids is 1. The number of aromatic nitrogens is 5. The number of nitrogens with zero attached hydrogens (tertiary/aromatic N) is 7. The van der Waals surface area contributed by atoms with E-state index in [0.29, 0.717) is 30.0 Å². The van der Waals surface area contributed by atoms with Gasteiger partial charge in [0.05, 0.1) is 50.5 Å². The Balaban J connectivity index is 0.000000171. The maximum atomic E-state index is 15.0. The molecule has 11 nitrogen and oxygen atoms in total. The van der Waals surface area contributed by atoms with Crippen LogP contribution < -0.4 is 45.0 Å². The van der Waals surface area contributed by atoms with Crippen LogP contribution in [0.5, 0.6) is 5.75 Å². The summed E-state index contributed by atoms with van der Waals surface area (Å²) in [6, 6.07) is 25.2. The second kappa shape index (κ2) is 18.3. The van der Waals surface area contributed by atoms with Crippen molar-refractivity contribution in [2.75, 3.05) is 44.7 Å². The average Bonchev–Trinajstić information content (AvgIpc) is 3.20. The van der Waals surface area contributed by atoms with Crippen molar-refractivity contribution in [2.24, 2.45) is 0 Å². The molecule has 0 spiro atoms. The first-order chi connectivity index (χ1) is 26.3. The Kier molecular flexibility index (Phi) is 13.7. The molecule has 0 N–H and O–H groups in total. The monoisotopic (exact) mass is 892 g/mol. The normalized spacial score (nSPS) is 14.6. The minimum absolute atomic E-state index is 0. The first-order valence-corrected chi connectivity index (χ1v) is 17.6. The van der Waals surface area contributed by atoms with Crippen molar-refractivity contribution < 1.29 is 63.3 Å². The zero-order valence-corrected chi connectivity index (χ0v) is 34.0. The number of hydrogen-bond acceptors (Lipinski definition) is 10. The first kappa shape index (κ1) is 42.8. The molecular formula is C42H35Cl2FN7O4Ru. The number of halogens is 3. The third kappa shape index (κ3) is 8.38. The zero-order valence-electron chi connectivity index (χ0n) is 30.8. The minimum Gasteiger partial charge on any atom is -1.00 e. The third-order valence-corrected chi connectivity index (χ3v) is 9.87. The molecule has 2 aliphatic heterocycles. The molecule has 7 heterocycles. The van der Waals surface area contributed by atoms with Gasteiger partial charge in [-0.25, -0.2) is 4.39 Å². The molecule has 1 saturated heterocycles. The number of carbonyl (C=O) groups excluding carboxylic acids is 1. The van der Waals surface area contributed by atoms with Crippen molar-refractivity contribution in [3.8, 4) is 5.75 Å². The van der Waals surface area contributed by atoms with Crippen LogP contribution in [0, 0.1) is 5.82 Å². The number of rotatable bonds is 2. The van der Waals surface area contributed by atoms with Gasteiger partial charge in [0.15, 0.2) is 17.0 Å². The number of likely N-dealkylation sites (N-methyl/N-ethyl adjacent to an activating group) is 1. The van der Waals surface area contributed by atoms with E-state index in [9.17, 15) is 19.1 Å². The molecule has 0 aliphatic carbocycles. The number of benzene rings is 3. The van der Waals surface area contributed by atoms with E-state index < -0.39 is 22.8 Å². The molecule has 1 atom stereocenters. The maximum absolute atomic E-state index is 15.0. The molecule has 15 heteroatoms. The fraction of sp³-hybridized carbons (Fsp3) is 0.190. The van der Waals surface area contributed by atoms with Crippen LogP contribution in [0.15, 0.2) is 115 Å². The molecule has 0 bridgehead atoms. The Bertz CT molecular complexity index is 2570. The Morgan fingerprint density at radius 3 is 1.61 bits per heavy atom. The van der Waals surface area contributed by atoms with Gasteiger partial charge in [0, 0.05) is 78.7 Å². The predicted molar refractivity (Wildman–Crippen MR) is 207 cm³/mol. The number of ether oxygens (including phenoxy) is 1. The van der Waals surface area contributed by atoms with Gasteiger partial charge in [-0.2, -0.15) is 0 Å². The van der Waals surface area contributed by atoms with Gasteiger partial charge in [0.2, 0.25) is 0 Å². The number of carboxylic acid groups (broad SMARTS) is 1. The molecule has 8 aromatic rings. The summed E-state index contributed by atoms with van der Waals surface area (Å²) in [4.78, 5) is 45.3. The van der Waals surface area contributed by atoms with Crippen LogP contribution >= 0.6 is 0 Å². The van der Waals surface area contributed by atoms with Crippen LogP contribution in [0.2, 0.25) is 0 Å². The number of pyridine rings is 5. The van der Waals surface area contributed by atoms with Crippen molar-refractivity contribution in [3.63, 3.8) is 0 Å². The summed E-state index contributed by atoms with van der Waals surface area (Å²) in [6.45, 7) is 5.00. The third-order valence-electron chi connectivity index (χ3n) is 9.87. The predicted octanol–water partition coefficient (Wildman–Crippen LogP) is -0.219. The summed E-state index contributed by atoms with van der Waals surface area (Å²) in [6.07, 6.45) is 8.49. The molecule has 291 valence electrons. The van der Waals surface area contributed by atoms with Crippen LogP contribution in [0.1, 0.15) is 23.3 Å². The average molecular weight is 893 g/mol. The molecule has 2 aliphatic rings. The molecule has 10 rings (SSSR count). The van der Waals surface area contributed by atoms with Crippen molar-refractivity contribution in [1.82, 2.24) is 29.4 Å². The van der Waals surface area contributed by atoms with E-state index in [0.717, 1.165) is 62.8 Å². The van der Waals surface area contributed by atoms with Crippen LogP contribution in [0.3, 0.4) is 0 Å². The summed E-state index contributed by atoms with van der Waals surface area (Å²) in [5.74, 6) is -1.83.